The maximum Gasteiger partial charge on any atom is 0.150 e. The van der Waals surface area contributed by atoms with Gasteiger partial charge in [-0.05, 0) is 29.7 Å². The molecule has 2 aromatic rings. The summed E-state index contributed by atoms with van der Waals surface area (Å²) in [6, 6.07) is 15.5. The van der Waals surface area contributed by atoms with Crippen LogP contribution in [0.4, 0.5) is 0 Å². The van der Waals surface area contributed by atoms with Crippen LogP contribution in [0.5, 0.6) is 5.75 Å². The van der Waals surface area contributed by atoms with Gasteiger partial charge in [-0.15, -0.1) is 0 Å². The number of phenols is 1. The summed E-state index contributed by atoms with van der Waals surface area (Å²) in [5.41, 5.74) is 13.8. The van der Waals surface area contributed by atoms with E-state index >= 15 is 0 Å². The first kappa shape index (κ1) is 20.5. The molecule has 8 N–H and O–H groups in total. The van der Waals surface area contributed by atoms with E-state index in [1.807, 2.05) is 36.4 Å². The van der Waals surface area contributed by atoms with Crippen LogP contribution in [0.25, 0.3) is 0 Å². The van der Waals surface area contributed by atoms with Crippen LogP contribution in [0.1, 0.15) is 30.5 Å². The number of hydrogen-bond donors (Lipinski definition) is 5. The molecule has 0 aliphatic heterocycles. The molecule has 0 heterocycles. The largest absolute Gasteiger partial charge is 0.508 e. The van der Waals surface area contributed by atoms with Crippen molar-refractivity contribution < 1.29 is 5.11 Å². The molecule has 0 saturated heterocycles. The van der Waals surface area contributed by atoms with E-state index in [0.717, 1.165) is 36.2 Å². The minimum absolute atomic E-state index is 0.281. The fraction of sp³-hybridized carbons (Fsp3) is 0.316. The molecular formula is C19H29N5O. The van der Waals surface area contributed by atoms with E-state index in [1.165, 1.54) is 0 Å². The average molecular weight is 343 g/mol. The zero-order chi connectivity index (χ0) is 18.7. The topological polar surface area (TPSA) is 123 Å². The fourth-order valence-electron chi connectivity index (χ4n) is 2.14. The van der Waals surface area contributed by atoms with Gasteiger partial charge in [0.15, 0.2) is 0 Å². The summed E-state index contributed by atoms with van der Waals surface area (Å²) in [6.07, 6.45) is 0.758. The van der Waals surface area contributed by atoms with E-state index in [9.17, 15) is 5.11 Å². The van der Waals surface area contributed by atoms with E-state index in [0.29, 0.717) is 11.9 Å². The number of amidine groups is 1. The number of hydrazone groups is 1. The highest BCUT2D eigenvalue weighted by atomic mass is 16.3. The second kappa shape index (κ2) is 11.1. The van der Waals surface area contributed by atoms with Crippen LogP contribution in [0.3, 0.4) is 0 Å². The van der Waals surface area contributed by atoms with E-state index < -0.39 is 0 Å². The lowest BCUT2D eigenvalue weighted by Crippen LogP contribution is -2.28. The number of rotatable bonds is 6. The third-order valence-electron chi connectivity index (χ3n) is 3.40. The summed E-state index contributed by atoms with van der Waals surface area (Å²) in [7, 11) is 0. The zero-order valence-electron chi connectivity index (χ0n) is 14.9. The SMILES string of the molecule is CC(C)NCCN.N/N=C(\N)c1ccc(Cc2cccc(O)c2)cc1. The van der Waals surface area contributed by atoms with Crippen molar-refractivity contribution in [2.45, 2.75) is 26.3 Å². The maximum absolute atomic E-state index is 9.39. The highest BCUT2D eigenvalue weighted by molar-refractivity contribution is 5.97. The summed E-state index contributed by atoms with van der Waals surface area (Å²) in [4.78, 5) is 0. The van der Waals surface area contributed by atoms with Crippen LogP contribution < -0.4 is 22.6 Å². The molecule has 0 unspecified atom stereocenters. The molecule has 0 aliphatic rings. The third kappa shape index (κ3) is 8.19. The fourth-order valence-corrected chi connectivity index (χ4v) is 2.14. The van der Waals surface area contributed by atoms with Gasteiger partial charge < -0.3 is 27.7 Å². The van der Waals surface area contributed by atoms with Crippen LogP contribution in [-0.2, 0) is 6.42 Å². The Morgan fingerprint density at radius 1 is 1.12 bits per heavy atom. The first-order valence-corrected chi connectivity index (χ1v) is 8.30. The molecule has 0 amide bonds. The van der Waals surface area contributed by atoms with E-state index in [-0.39, 0.29) is 5.75 Å². The molecule has 25 heavy (non-hydrogen) atoms. The Morgan fingerprint density at radius 2 is 1.80 bits per heavy atom. The van der Waals surface area contributed by atoms with Gasteiger partial charge >= 0.3 is 0 Å². The lowest BCUT2D eigenvalue weighted by molar-refractivity contribution is 0.474. The van der Waals surface area contributed by atoms with Crippen LogP contribution >= 0.6 is 0 Å². The van der Waals surface area contributed by atoms with Crippen molar-refractivity contribution in [3.05, 3.63) is 65.2 Å². The molecule has 0 fully saturated rings. The maximum atomic E-state index is 9.39. The van der Waals surface area contributed by atoms with Crippen LogP contribution in [-0.4, -0.2) is 30.1 Å². The Kier molecular flexibility index (Phi) is 9.06. The monoisotopic (exact) mass is 343 g/mol. The summed E-state index contributed by atoms with van der Waals surface area (Å²) in [5, 5.41) is 16.0. The number of aromatic hydroxyl groups is 1. The second-order valence-electron chi connectivity index (χ2n) is 5.96. The van der Waals surface area contributed by atoms with Gasteiger partial charge in [-0.25, -0.2) is 0 Å². The summed E-state index contributed by atoms with van der Waals surface area (Å²) >= 11 is 0. The molecular weight excluding hydrogens is 314 g/mol. The van der Waals surface area contributed by atoms with Crippen molar-refractivity contribution in [1.29, 1.82) is 0 Å². The average Bonchev–Trinajstić information content (AvgIpc) is 2.60. The summed E-state index contributed by atoms with van der Waals surface area (Å²) in [5.74, 6) is 5.72. The Morgan fingerprint density at radius 3 is 2.28 bits per heavy atom. The van der Waals surface area contributed by atoms with Gasteiger partial charge in [0, 0.05) is 24.7 Å². The van der Waals surface area contributed by atoms with Crippen molar-refractivity contribution in [3.63, 3.8) is 0 Å². The predicted octanol–water partition coefficient (Wildman–Crippen LogP) is 1.51. The number of nitrogens with one attached hydrogen (secondary N) is 1. The van der Waals surface area contributed by atoms with E-state index in [4.69, 9.17) is 17.3 Å². The third-order valence-corrected chi connectivity index (χ3v) is 3.40. The Hall–Kier alpha value is -2.57. The Labute approximate surface area is 149 Å². The van der Waals surface area contributed by atoms with Gasteiger partial charge in [0.25, 0.3) is 0 Å². The minimum atomic E-state index is 0.281. The molecule has 0 aliphatic carbocycles. The van der Waals surface area contributed by atoms with Crippen LogP contribution in [0.2, 0.25) is 0 Å². The molecule has 2 rings (SSSR count). The lowest BCUT2D eigenvalue weighted by Gasteiger charge is -2.04. The van der Waals surface area contributed by atoms with Gasteiger partial charge in [0.2, 0.25) is 0 Å². The molecule has 0 saturated carbocycles. The van der Waals surface area contributed by atoms with E-state index in [1.54, 1.807) is 12.1 Å². The smallest absolute Gasteiger partial charge is 0.150 e. The molecule has 0 bridgehead atoms. The van der Waals surface area contributed by atoms with Gasteiger partial charge in [-0.3, -0.25) is 0 Å². The van der Waals surface area contributed by atoms with Gasteiger partial charge in [-0.2, -0.15) is 5.10 Å². The normalized spacial score (nSPS) is 11.1. The molecule has 0 radical (unpaired) electrons. The molecule has 6 heteroatoms. The van der Waals surface area contributed by atoms with Crippen molar-refractivity contribution in [2.75, 3.05) is 13.1 Å². The molecule has 0 aromatic heterocycles. The molecule has 136 valence electrons. The minimum Gasteiger partial charge on any atom is -0.508 e. The zero-order valence-corrected chi connectivity index (χ0v) is 14.9. The van der Waals surface area contributed by atoms with Gasteiger partial charge in [-0.1, -0.05) is 50.2 Å². The Balaban J connectivity index is 0.000000381. The Bertz CT molecular complexity index is 653. The number of hydrogen-bond acceptors (Lipinski definition) is 5. The van der Waals surface area contributed by atoms with Crippen LogP contribution in [0.15, 0.2) is 53.6 Å². The van der Waals surface area contributed by atoms with Crippen molar-refractivity contribution in [2.24, 2.45) is 22.4 Å². The molecule has 2 aromatic carbocycles. The van der Waals surface area contributed by atoms with Gasteiger partial charge in [0.1, 0.15) is 11.6 Å². The number of nitrogens with zero attached hydrogens (tertiary/aromatic N) is 1. The molecule has 0 atom stereocenters. The quantitative estimate of drug-likeness (QED) is 0.235. The van der Waals surface area contributed by atoms with Crippen molar-refractivity contribution in [3.8, 4) is 5.75 Å². The molecule has 0 spiro atoms. The number of nitrogens with two attached hydrogens (primary N) is 3. The standard InChI is InChI=1S/C14H15N3O.C5H14N2/c15-14(17-16)12-6-4-10(5-7-12)8-11-2-1-3-13(18)9-11;1-5(2)7-4-3-6/h1-7,9,18H,8,16H2,(H2,15,17);5,7H,3-4,6H2,1-2H3. The van der Waals surface area contributed by atoms with Crippen molar-refractivity contribution >= 4 is 5.84 Å². The highest BCUT2D eigenvalue weighted by Crippen LogP contribution is 2.15. The summed E-state index contributed by atoms with van der Waals surface area (Å²) < 4.78 is 0. The second-order valence-corrected chi connectivity index (χ2v) is 5.96. The predicted molar refractivity (Wildman–Crippen MR) is 104 cm³/mol. The lowest BCUT2D eigenvalue weighted by atomic mass is 10.0. The number of benzene rings is 2. The van der Waals surface area contributed by atoms with Crippen LogP contribution in [0, 0.1) is 0 Å². The van der Waals surface area contributed by atoms with E-state index in [2.05, 4.69) is 24.3 Å². The molecule has 6 nitrogen and oxygen atoms in total. The van der Waals surface area contributed by atoms with Gasteiger partial charge in [0.05, 0.1) is 0 Å². The first-order chi connectivity index (χ1) is 12.0. The number of phenolic OH excluding ortho intramolecular Hbond substituents is 1. The summed E-state index contributed by atoms with van der Waals surface area (Å²) in [6.45, 7) is 5.88. The first-order valence-electron chi connectivity index (χ1n) is 8.30. The highest BCUT2D eigenvalue weighted by Gasteiger charge is 2.00. The van der Waals surface area contributed by atoms with Crippen molar-refractivity contribution in [1.82, 2.24) is 5.32 Å².